The first-order valence-electron chi connectivity index (χ1n) is 5.15. The van der Waals surface area contributed by atoms with Gasteiger partial charge in [0.05, 0.1) is 25.3 Å². The number of rotatable bonds is 2. The fourth-order valence-electron chi connectivity index (χ4n) is 1.80. The number of nitrogens with zero attached hydrogens (tertiary/aromatic N) is 3. The van der Waals surface area contributed by atoms with Gasteiger partial charge in [-0.1, -0.05) is 11.2 Å². The van der Waals surface area contributed by atoms with Crippen LogP contribution < -0.4 is 4.74 Å². The van der Waals surface area contributed by atoms with Gasteiger partial charge in [-0.15, -0.1) is 0 Å². The van der Waals surface area contributed by atoms with Crippen LogP contribution in [0.1, 0.15) is 28.4 Å². The van der Waals surface area contributed by atoms with Gasteiger partial charge in [0.15, 0.2) is 0 Å². The summed E-state index contributed by atoms with van der Waals surface area (Å²) in [7, 11) is 1.32. The molecule has 0 spiro atoms. The van der Waals surface area contributed by atoms with Crippen LogP contribution in [0.15, 0.2) is 23.3 Å². The van der Waals surface area contributed by atoms with E-state index in [9.17, 15) is 4.79 Å². The second kappa shape index (κ2) is 4.76. The van der Waals surface area contributed by atoms with Gasteiger partial charge in [-0.2, -0.15) is 0 Å². The van der Waals surface area contributed by atoms with E-state index >= 15 is 0 Å². The van der Waals surface area contributed by atoms with Crippen LogP contribution in [0, 0.1) is 0 Å². The smallest absolute Gasteiger partial charge is 0.337 e. The lowest BCUT2D eigenvalue weighted by molar-refractivity contribution is 0.0600. The van der Waals surface area contributed by atoms with Crippen LogP contribution in [0.5, 0.6) is 5.75 Å². The van der Waals surface area contributed by atoms with Crippen LogP contribution in [-0.4, -0.2) is 19.7 Å². The monoisotopic (exact) mass is 233 g/mol. The highest BCUT2D eigenvalue weighted by Gasteiger charge is 2.21. The Labute approximate surface area is 97.8 Å². The fraction of sp³-hybridized carbons (Fsp3) is 0.364. The van der Waals surface area contributed by atoms with Crippen LogP contribution in [0.25, 0.3) is 10.4 Å². The van der Waals surface area contributed by atoms with Gasteiger partial charge >= 0.3 is 5.97 Å². The first-order chi connectivity index (χ1) is 8.26. The molecule has 0 bridgehead atoms. The average Bonchev–Trinajstić information content (AvgIpc) is 2.38. The maximum Gasteiger partial charge on any atom is 0.337 e. The van der Waals surface area contributed by atoms with Gasteiger partial charge in [0.25, 0.3) is 0 Å². The zero-order valence-electron chi connectivity index (χ0n) is 9.29. The van der Waals surface area contributed by atoms with E-state index in [4.69, 9.17) is 10.3 Å². The molecule has 1 aliphatic rings. The average molecular weight is 233 g/mol. The molecule has 17 heavy (non-hydrogen) atoms. The van der Waals surface area contributed by atoms with Gasteiger partial charge in [-0.3, -0.25) is 0 Å². The maximum atomic E-state index is 11.3. The van der Waals surface area contributed by atoms with Crippen molar-refractivity contribution < 1.29 is 14.3 Å². The Kier molecular flexibility index (Phi) is 3.16. The van der Waals surface area contributed by atoms with Crippen molar-refractivity contribution in [2.75, 3.05) is 13.7 Å². The first-order valence-corrected chi connectivity index (χ1v) is 5.15. The van der Waals surface area contributed by atoms with E-state index in [0.29, 0.717) is 24.3 Å². The third-order valence-corrected chi connectivity index (χ3v) is 2.63. The third-order valence-electron chi connectivity index (χ3n) is 2.63. The maximum absolute atomic E-state index is 11.3. The van der Waals surface area contributed by atoms with Crippen molar-refractivity contribution in [2.45, 2.75) is 12.5 Å². The molecule has 0 N–H and O–H groups in total. The minimum atomic E-state index is -0.415. The zero-order valence-corrected chi connectivity index (χ0v) is 9.29. The predicted octanol–water partition coefficient (Wildman–Crippen LogP) is 2.61. The van der Waals surface area contributed by atoms with Crippen molar-refractivity contribution in [2.24, 2.45) is 5.11 Å². The number of esters is 1. The molecule has 1 aliphatic heterocycles. The Morgan fingerprint density at radius 3 is 3.18 bits per heavy atom. The fourth-order valence-corrected chi connectivity index (χ4v) is 1.80. The first kappa shape index (κ1) is 11.3. The van der Waals surface area contributed by atoms with E-state index in [1.54, 1.807) is 18.2 Å². The Morgan fingerprint density at radius 1 is 1.65 bits per heavy atom. The summed E-state index contributed by atoms with van der Waals surface area (Å²) in [4.78, 5) is 14.2. The van der Waals surface area contributed by atoms with E-state index in [0.717, 1.165) is 5.56 Å². The van der Waals surface area contributed by atoms with Crippen molar-refractivity contribution in [1.82, 2.24) is 0 Å². The molecule has 1 aromatic carbocycles. The summed E-state index contributed by atoms with van der Waals surface area (Å²) < 4.78 is 10.1. The molecule has 0 amide bonds. The van der Waals surface area contributed by atoms with Gasteiger partial charge in [-0.25, -0.2) is 4.79 Å². The van der Waals surface area contributed by atoms with Gasteiger partial charge in [-0.05, 0) is 24.1 Å². The summed E-state index contributed by atoms with van der Waals surface area (Å²) in [5, 5.41) is 3.70. The number of hydrogen-bond donors (Lipinski definition) is 0. The van der Waals surface area contributed by atoms with E-state index in [1.807, 2.05) is 0 Å². The Morgan fingerprint density at radius 2 is 2.47 bits per heavy atom. The highest BCUT2D eigenvalue weighted by Crippen LogP contribution is 2.35. The molecule has 0 radical (unpaired) electrons. The van der Waals surface area contributed by atoms with Crippen molar-refractivity contribution in [3.05, 3.63) is 39.8 Å². The molecule has 0 saturated heterocycles. The Balaban J connectivity index is 2.39. The number of carbonyl (C=O) groups excluding carboxylic acids is 1. The van der Waals surface area contributed by atoms with Crippen LogP contribution in [-0.2, 0) is 4.74 Å². The molecule has 0 saturated carbocycles. The van der Waals surface area contributed by atoms with Crippen LogP contribution in [0.2, 0.25) is 0 Å². The van der Waals surface area contributed by atoms with E-state index in [-0.39, 0.29) is 6.04 Å². The number of carbonyl (C=O) groups is 1. The zero-order chi connectivity index (χ0) is 12.3. The summed E-state index contributed by atoms with van der Waals surface area (Å²) in [6.45, 7) is 0.474. The molecule has 1 aromatic rings. The normalized spacial score (nSPS) is 17.4. The van der Waals surface area contributed by atoms with Crippen molar-refractivity contribution in [3.8, 4) is 5.75 Å². The van der Waals surface area contributed by atoms with Gasteiger partial charge in [0, 0.05) is 10.5 Å². The lowest BCUT2D eigenvalue weighted by Crippen LogP contribution is -2.13. The summed E-state index contributed by atoms with van der Waals surface area (Å²) in [6, 6.07) is 4.76. The molecular formula is C11H11N3O3. The van der Waals surface area contributed by atoms with E-state index < -0.39 is 5.97 Å². The second-order valence-corrected chi connectivity index (χ2v) is 3.60. The summed E-state index contributed by atoms with van der Waals surface area (Å²) in [5.41, 5.74) is 9.70. The largest absolute Gasteiger partial charge is 0.493 e. The number of azide groups is 1. The lowest BCUT2D eigenvalue weighted by Gasteiger charge is -2.22. The number of hydrogen-bond acceptors (Lipinski definition) is 4. The Hall–Kier alpha value is -2.20. The minimum absolute atomic E-state index is 0.226. The molecule has 0 aromatic heterocycles. The lowest BCUT2D eigenvalue weighted by atomic mass is 9.99. The molecule has 0 aliphatic carbocycles. The predicted molar refractivity (Wildman–Crippen MR) is 59.8 cm³/mol. The number of fused-ring (bicyclic) bond motifs is 1. The second-order valence-electron chi connectivity index (χ2n) is 3.60. The van der Waals surface area contributed by atoms with Crippen molar-refractivity contribution in [3.63, 3.8) is 0 Å². The van der Waals surface area contributed by atoms with Crippen molar-refractivity contribution in [1.29, 1.82) is 0 Å². The topological polar surface area (TPSA) is 84.3 Å². The molecule has 6 heteroatoms. The SMILES string of the molecule is COC(=O)c1ccc2c(c1)OCCC2N=[N+]=[N-]. The Bertz CT molecular complexity index is 495. The number of benzene rings is 1. The third kappa shape index (κ3) is 2.16. The quantitative estimate of drug-likeness (QED) is 0.340. The minimum Gasteiger partial charge on any atom is -0.493 e. The molecule has 88 valence electrons. The van der Waals surface area contributed by atoms with Gasteiger partial charge in [0.2, 0.25) is 0 Å². The molecule has 1 unspecified atom stereocenters. The summed E-state index contributed by atoms with van der Waals surface area (Å²) >= 11 is 0. The van der Waals surface area contributed by atoms with Crippen LogP contribution in [0.4, 0.5) is 0 Å². The highest BCUT2D eigenvalue weighted by molar-refractivity contribution is 5.90. The standard InChI is InChI=1S/C11H11N3O3/c1-16-11(15)7-2-3-8-9(13-14-12)4-5-17-10(8)6-7/h2-3,6,9H,4-5H2,1H3. The van der Waals surface area contributed by atoms with Gasteiger partial charge < -0.3 is 9.47 Å². The summed E-state index contributed by atoms with van der Waals surface area (Å²) in [5.74, 6) is 0.166. The van der Waals surface area contributed by atoms with Crippen molar-refractivity contribution >= 4 is 5.97 Å². The molecule has 0 fully saturated rings. The van der Waals surface area contributed by atoms with Crippen LogP contribution >= 0.6 is 0 Å². The molecule has 6 nitrogen and oxygen atoms in total. The van der Waals surface area contributed by atoms with Gasteiger partial charge in [0.1, 0.15) is 5.75 Å². The van der Waals surface area contributed by atoms with E-state index in [1.165, 1.54) is 7.11 Å². The summed E-state index contributed by atoms with van der Waals surface area (Å²) in [6.07, 6.45) is 0.647. The molecular weight excluding hydrogens is 222 g/mol. The molecule has 2 rings (SSSR count). The van der Waals surface area contributed by atoms with E-state index in [2.05, 4.69) is 14.8 Å². The number of methoxy groups -OCH3 is 1. The van der Waals surface area contributed by atoms with Crippen LogP contribution in [0.3, 0.4) is 0 Å². The highest BCUT2D eigenvalue weighted by atomic mass is 16.5. The number of ether oxygens (including phenoxy) is 2. The molecule has 1 atom stereocenters. The molecule has 1 heterocycles.